The Balaban J connectivity index is 0.000000637. The lowest BCUT2D eigenvalue weighted by Gasteiger charge is -2.14. The highest BCUT2D eigenvalue weighted by atomic mass is 32.2. The van der Waals surface area contributed by atoms with Gasteiger partial charge < -0.3 is 15.2 Å². The van der Waals surface area contributed by atoms with E-state index < -0.39 is 0 Å². The fourth-order valence-corrected chi connectivity index (χ4v) is 2.92. The number of aliphatic hydroxyl groups is 1. The number of nitrogens with one attached hydrogen (secondary N) is 1. The van der Waals surface area contributed by atoms with Gasteiger partial charge in [-0.2, -0.15) is 0 Å². The lowest BCUT2D eigenvalue weighted by Crippen LogP contribution is -2.29. The SMILES string of the molecule is CC(Cc1ccc2c(c1)OCS2)NCC1CC1.CO. The molecule has 0 aromatic heterocycles. The molecule has 0 bridgehead atoms. The molecule has 0 radical (unpaired) electrons. The van der Waals surface area contributed by atoms with Gasteiger partial charge in [0.05, 0.1) is 4.90 Å². The molecule has 1 aliphatic carbocycles. The normalized spacial score (nSPS) is 18.1. The maximum atomic E-state index is 7.00. The van der Waals surface area contributed by atoms with Gasteiger partial charge in [0.25, 0.3) is 0 Å². The van der Waals surface area contributed by atoms with E-state index in [0.29, 0.717) is 6.04 Å². The zero-order valence-electron chi connectivity index (χ0n) is 11.7. The van der Waals surface area contributed by atoms with Crippen LogP contribution in [-0.2, 0) is 6.42 Å². The maximum absolute atomic E-state index is 7.00. The van der Waals surface area contributed by atoms with Crippen molar-refractivity contribution in [2.45, 2.75) is 37.1 Å². The second-order valence-electron chi connectivity index (χ2n) is 5.14. The Morgan fingerprint density at radius 3 is 2.95 bits per heavy atom. The number of rotatable bonds is 5. The van der Waals surface area contributed by atoms with E-state index in [0.717, 1.165) is 31.1 Å². The van der Waals surface area contributed by atoms with E-state index in [2.05, 4.69) is 30.4 Å². The van der Waals surface area contributed by atoms with Crippen LogP contribution in [0.4, 0.5) is 0 Å². The number of thioether (sulfide) groups is 1. The second kappa shape index (κ2) is 7.17. The van der Waals surface area contributed by atoms with E-state index in [1.165, 1.54) is 29.8 Å². The summed E-state index contributed by atoms with van der Waals surface area (Å²) in [4.78, 5) is 1.28. The zero-order valence-corrected chi connectivity index (χ0v) is 12.5. The summed E-state index contributed by atoms with van der Waals surface area (Å²) in [5.74, 6) is 2.80. The monoisotopic (exact) mass is 281 g/mol. The van der Waals surface area contributed by atoms with Gasteiger partial charge in [0.15, 0.2) is 0 Å². The van der Waals surface area contributed by atoms with Crippen LogP contribution in [0, 0.1) is 5.92 Å². The summed E-state index contributed by atoms with van der Waals surface area (Å²) in [5, 5.41) is 10.6. The lowest BCUT2D eigenvalue weighted by atomic mass is 10.1. The summed E-state index contributed by atoms with van der Waals surface area (Å²) in [6, 6.07) is 7.18. The van der Waals surface area contributed by atoms with E-state index in [1.54, 1.807) is 11.8 Å². The van der Waals surface area contributed by atoms with Gasteiger partial charge in [-0.15, -0.1) is 0 Å². The van der Waals surface area contributed by atoms with Gasteiger partial charge in [-0.1, -0.05) is 17.8 Å². The highest BCUT2D eigenvalue weighted by Gasteiger charge is 2.21. The smallest absolute Gasteiger partial charge is 0.138 e. The highest BCUT2D eigenvalue weighted by Crippen LogP contribution is 2.36. The van der Waals surface area contributed by atoms with E-state index in [-0.39, 0.29) is 0 Å². The van der Waals surface area contributed by atoms with Crippen LogP contribution in [0.15, 0.2) is 23.1 Å². The second-order valence-corrected chi connectivity index (χ2v) is 6.11. The van der Waals surface area contributed by atoms with Gasteiger partial charge in [0, 0.05) is 13.2 Å². The van der Waals surface area contributed by atoms with Gasteiger partial charge in [-0.25, -0.2) is 0 Å². The Morgan fingerprint density at radius 2 is 2.21 bits per heavy atom. The van der Waals surface area contributed by atoms with Gasteiger partial charge in [0.2, 0.25) is 0 Å². The molecule has 1 aliphatic heterocycles. The Bertz CT molecular complexity index is 407. The summed E-state index contributed by atoms with van der Waals surface area (Å²) in [6.45, 7) is 3.46. The average molecular weight is 281 g/mol. The summed E-state index contributed by atoms with van der Waals surface area (Å²) >= 11 is 1.78. The molecule has 0 amide bonds. The molecule has 3 rings (SSSR count). The van der Waals surface area contributed by atoms with Crippen LogP contribution >= 0.6 is 11.8 Å². The van der Waals surface area contributed by atoms with Crippen molar-refractivity contribution >= 4 is 11.8 Å². The van der Waals surface area contributed by atoms with E-state index >= 15 is 0 Å². The van der Waals surface area contributed by atoms with E-state index in [1.807, 2.05) is 0 Å². The van der Waals surface area contributed by atoms with Crippen molar-refractivity contribution in [1.82, 2.24) is 5.32 Å². The van der Waals surface area contributed by atoms with Crippen LogP contribution in [0.1, 0.15) is 25.3 Å². The molecule has 106 valence electrons. The third kappa shape index (κ3) is 4.41. The van der Waals surface area contributed by atoms with E-state index in [4.69, 9.17) is 9.84 Å². The molecule has 4 heteroatoms. The Morgan fingerprint density at radius 1 is 1.42 bits per heavy atom. The van der Waals surface area contributed by atoms with Crippen molar-refractivity contribution in [3.63, 3.8) is 0 Å². The summed E-state index contributed by atoms with van der Waals surface area (Å²) in [5.41, 5.74) is 1.38. The predicted octanol–water partition coefficient (Wildman–Crippen LogP) is 2.67. The molecule has 1 fully saturated rings. The molecule has 1 saturated carbocycles. The van der Waals surface area contributed by atoms with Gasteiger partial charge in [0.1, 0.15) is 11.7 Å². The number of ether oxygens (including phenoxy) is 1. The van der Waals surface area contributed by atoms with Gasteiger partial charge in [-0.05, 0) is 56.3 Å². The molecule has 1 atom stereocenters. The maximum Gasteiger partial charge on any atom is 0.138 e. The number of hydrogen-bond donors (Lipinski definition) is 2. The van der Waals surface area contributed by atoms with Crippen molar-refractivity contribution in [3.8, 4) is 5.75 Å². The quantitative estimate of drug-likeness (QED) is 0.870. The molecule has 0 spiro atoms. The first-order chi connectivity index (χ1) is 9.31. The fraction of sp³-hybridized carbons (Fsp3) is 0.600. The first-order valence-electron chi connectivity index (χ1n) is 6.88. The van der Waals surface area contributed by atoms with Crippen LogP contribution < -0.4 is 10.1 Å². The predicted molar refractivity (Wildman–Crippen MR) is 79.8 cm³/mol. The molecule has 2 aliphatic rings. The lowest BCUT2D eigenvalue weighted by molar-refractivity contribution is 0.396. The van der Waals surface area contributed by atoms with Crippen molar-refractivity contribution in [3.05, 3.63) is 23.8 Å². The third-order valence-electron chi connectivity index (χ3n) is 3.43. The van der Waals surface area contributed by atoms with Crippen LogP contribution in [0.3, 0.4) is 0 Å². The van der Waals surface area contributed by atoms with Gasteiger partial charge >= 0.3 is 0 Å². The molecule has 1 aromatic rings. The van der Waals surface area contributed by atoms with Crippen molar-refractivity contribution in [2.75, 3.05) is 19.6 Å². The number of benzene rings is 1. The fourth-order valence-electron chi connectivity index (χ4n) is 2.18. The minimum Gasteiger partial charge on any atom is -0.481 e. The topological polar surface area (TPSA) is 41.5 Å². The number of fused-ring (bicyclic) bond motifs is 1. The van der Waals surface area contributed by atoms with Crippen LogP contribution in [0.5, 0.6) is 5.75 Å². The van der Waals surface area contributed by atoms with Crippen LogP contribution in [0.25, 0.3) is 0 Å². The van der Waals surface area contributed by atoms with Crippen molar-refractivity contribution < 1.29 is 9.84 Å². The van der Waals surface area contributed by atoms with Crippen molar-refractivity contribution in [2.24, 2.45) is 5.92 Å². The van der Waals surface area contributed by atoms with Crippen LogP contribution in [0.2, 0.25) is 0 Å². The molecular formula is C15H23NO2S. The largest absolute Gasteiger partial charge is 0.481 e. The number of aliphatic hydroxyl groups excluding tert-OH is 1. The minimum absolute atomic E-state index is 0.558. The average Bonchev–Trinajstić information content (AvgIpc) is 3.15. The standard InChI is InChI=1S/C14H19NOS.CH4O/c1-10(15-8-11-2-3-11)6-12-4-5-14-13(7-12)16-9-17-14;1-2/h4-5,7,10-11,15H,2-3,6,8-9H2,1H3;2H,1H3. The summed E-state index contributed by atoms with van der Waals surface area (Å²) in [6.07, 6.45) is 3.93. The van der Waals surface area contributed by atoms with E-state index in [9.17, 15) is 0 Å². The summed E-state index contributed by atoms with van der Waals surface area (Å²) in [7, 11) is 1.00. The minimum atomic E-state index is 0.558. The van der Waals surface area contributed by atoms with Gasteiger partial charge in [-0.3, -0.25) is 0 Å². The first-order valence-corrected chi connectivity index (χ1v) is 7.86. The molecular weight excluding hydrogens is 258 g/mol. The molecule has 19 heavy (non-hydrogen) atoms. The third-order valence-corrected chi connectivity index (χ3v) is 4.31. The first kappa shape index (κ1) is 14.7. The molecule has 1 aromatic carbocycles. The Hall–Kier alpha value is -0.710. The molecule has 3 nitrogen and oxygen atoms in total. The highest BCUT2D eigenvalue weighted by molar-refractivity contribution is 7.99. The molecule has 1 heterocycles. The Labute approximate surface area is 119 Å². The molecule has 1 unspecified atom stereocenters. The van der Waals surface area contributed by atoms with Crippen molar-refractivity contribution in [1.29, 1.82) is 0 Å². The Kier molecular flexibility index (Phi) is 5.55. The molecule has 2 N–H and O–H groups in total. The van der Waals surface area contributed by atoms with Crippen LogP contribution in [-0.4, -0.2) is 30.7 Å². The molecule has 0 saturated heterocycles. The zero-order chi connectivity index (χ0) is 13.7. The number of hydrogen-bond acceptors (Lipinski definition) is 4. The summed E-state index contributed by atoms with van der Waals surface area (Å²) < 4.78 is 5.57.